The molecule has 1 aromatic heterocycles. The molecule has 4 heteroatoms. The summed E-state index contributed by atoms with van der Waals surface area (Å²) in [5.41, 5.74) is 4.74. The van der Waals surface area contributed by atoms with Crippen molar-refractivity contribution >= 4 is 0 Å². The summed E-state index contributed by atoms with van der Waals surface area (Å²) in [6.07, 6.45) is 3.46. The van der Waals surface area contributed by atoms with Gasteiger partial charge < -0.3 is 12.7 Å². The third kappa shape index (κ3) is 12.1. The topological polar surface area (TPSA) is 54.7 Å². The van der Waals surface area contributed by atoms with Crippen LogP contribution in [0.1, 0.15) is 0 Å². The van der Waals surface area contributed by atoms with E-state index in [0.29, 0.717) is 6.54 Å². The van der Waals surface area contributed by atoms with Crippen LogP contribution in [-0.4, -0.2) is 16.7 Å². The Kier molecular flexibility index (Phi) is 16.1. The molecule has 0 spiro atoms. The van der Waals surface area contributed by atoms with Gasteiger partial charge in [0.25, 0.3) is 0 Å². The molecule has 1 aromatic rings. The Hall–Kier alpha value is 0.806. The van der Waals surface area contributed by atoms with Gasteiger partial charge in [0, 0.05) is 12.4 Å². The molecule has 0 bridgehead atoms. The van der Waals surface area contributed by atoms with Gasteiger partial charge in [-0.2, -0.15) is 5.10 Å². The van der Waals surface area contributed by atoms with E-state index in [-0.39, 0.29) is 51.4 Å². The molecule has 0 radical (unpaired) electrons. The second-order valence-electron chi connectivity index (χ2n) is 1.06. The average molecular weight is 151 g/mol. The summed E-state index contributed by atoms with van der Waals surface area (Å²) in [6, 6.07) is 1.83. The summed E-state index contributed by atoms with van der Waals surface area (Å²) in [6.45, 7) is 3.76. The molecule has 9 heavy (non-hydrogen) atoms. The molecule has 0 saturated heterocycles. The number of H-pyrrole nitrogens is 1. The number of nitrogens with zero attached hydrogens (tertiary/aromatic N) is 1. The smallest absolute Gasteiger partial charge is 0.360 e. The molecule has 0 aromatic carbocycles. The second-order valence-corrected chi connectivity index (χ2v) is 1.06. The molecule has 0 aliphatic carbocycles. The van der Waals surface area contributed by atoms with Crippen LogP contribution >= 0.6 is 0 Å². The Balaban J connectivity index is 0. The van der Waals surface area contributed by atoms with Crippen molar-refractivity contribution in [2.24, 2.45) is 5.73 Å². The summed E-state index contributed by atoms with van der Waals surface area (Å²) < 4.78 is 0. The Bertz CT molecular complexity index is 79.1. The first kappa shape index (κ1) is 12.5. The SMILES string of the molecule is [CH2-]CN.[K+].c1cn[nH]c1. The monoisotopic (exact) mass is 151 g/mol. The number of nitrogens with two attached hydrogens (primary N) is 1. The molecule has 3 N–H and O–H groups in total. The number of aromatic nitrogens is 2. The molecule has 0 saturated carbocycles. The van der Waals surface area contributed by atoms with E-state index in [4.69, 9.17) is 5.73 Å². The van der Waals surface area contributed by atoms with E-state index in [1.54, 1.807) is 12.4 Å². The number of hydrogen-bond donors (Lipinski definition) is 2. The quantitative estimate of drug-likeness (QED) is 0.311. The van der Waals surface area contributed by atoms with Crippen LogP contribution in [0.3, 0.4) is 0 Å². The van der Waals surface area contributed by atoms with E-state index < -0.39 is 0 Å². The molecule has 1 heterocycles. The van der Waals surface area contributed by atoms with Gasteiger partial charge in [-0.1, -0.05) is 0 Å². The first-order valence-corrected chi connectivity index (χ1v) is 2.35. The molecule has 0 atom stereocenters. The Morgan fingerprint density at radius 2 is 2.22 bits per heavy atom. The van der Waals surface area contributed by atoms with Gasteiger partial charge in [-0.25, -0.2) is 0 Å². The zero-order chi connectivity index (χ0) is 6.24. The number of hydrogen-bond acceptors (Lipinski definition) is 2. The maximum absolute atomic E-state index is 4.74. The Labute approximate surface area is 97.8 Å². The maximum atomic E-state index is 4.74. The van der Waals surface area contributed by atoms with Crippen molar-refractivity contribution in [3.8, 4) is 0 Å². The summed E-state index contributed by atoms with van der Waals surface area (Å²) in [5.74, 6) is 0. The van der Waals surface area contributed by atoms with Gasteiger partial charge in [0.15, 0.2) is 0 Å². The Morgan fingerprint density at radius 3 is 2.33 bits per heavy atom. The normalized spacial score (nSPS) is 6.44. The largest absolute Gasteiger partial charge is 1.00 e. The van der Waals surface area contributed by atoms with Crippen molar-refractivity contribution in [2.75, 3.05) is 6.54 Å². The molecule has 1 rings (SSSR count). The first-order chi connectivity index (χ1) is 3.91. The molecule has 46 valence electrons. The summed E-state index contributed by atoms with van der Waals surface area (Å²) in [5, 5.41) is 6.21. The summed E-state index contributed by atoms with van der Waals surface area (Å²) in [7, 11) is 0. The van der Waals surface area contributed by atoms with Crippen LogP contribution in [0, 0.1) is 6.92 Å². The third-order valence-electron chi connectivity index (χ3n) is 0.406. The van der Waals surface area contributed by atoms with Gasteiger partial charge >= 0.3 is 51.4 Å². The van der Waals surface area contributed by atoms with E-state index in [2.05, 4.69) is 17.1 Å². The third-order valence-corrected chi connectivity index (χ3v) is 0.406. The number of aromatic amines is 1. The minimum Gasteiger partial charge on any atom is -0.360 e. The van der Waals surface area contributed by atoms with Gasteiger partial charge in [0.2, 0.25) is 0 Å². The van der Waals surface area contributed by atoms with Crippen LogP contribution in [0.15, 0.2) is 18.5 Å². The number of nitrogens with one attached hydrogen (secondary N) is 1. The van der Waals surface area contributed by atoms with Crippen LogP contribution in [0.25, 0.3) is 0 Å². The molecule has 3 nitrogen and oxygen atoms in total. The fourth-order valence-corrected chi connectivity index (χ4v) is 0.215. The van der Waals surface area contributed by atoms with Gasteiger partial charge in [-0.05, 0) is 6.07 Å². The first-order valence-electron chi connectivity index (χ1n) is 2.35. The van der Waals surface area contributed by atoms with Crippen molar-refractivity contribution in [2.45, 2.75) is 0 Å². The van der Waals surface area contributed by atoms with Crippen LogP contribution in [0.4, 0.5) is 0 Å². The zero-order valence-corrected chi connectivity index (χ0v) is 8.79. The average Bonchev–Trinajstić information content (AvgIpc) is 2.17. The van der Waals surface area contributed by atoms with E-state index in [1.807, 2.05) is 6.07 Å². The fraction of sp³-hybridized carbons (Fsp3) is 0.200. The predicted octanol–water partition coefficient (Wildman–Crippen LogP) is -2.81. The minimum atomic E-state index is 0. The van der Waals surface area contributed by atoms with Crippen molar-refractivity contribution in [3.63, 3.8) is 0 Å². The van der Waals surface area contributed by atoms with Crippen LogP contribution in [0.5, 0.6) is 0 Å². The van der Waals surface area contributed by atoms with Crippen LogP contribution < -0.4 is 57.1 Å². The van der Waals surface area contributed by atoms with Gasteiger partial charge in [-0.3, -0.25) is 5.10 Å². The molecule has 0 amide bonds. The predicted molar refractivity (Wildman–Crippen MR) is 33.0 cm³/mol. The maximum Gasteiger partial charge on any atom is 1.00 e. The zero-order valence-electron chi connectivity index (χ0n) is 5.67. The van der Waals surface area contributed by atoms with Gasteiger partial charge in [0.1, 0.15) is 0 Å². The van der Waals surface area contributed by atoms with Crippen molar-refractivity contribution in [1.82, 2.24) is 10.2 Å². The van der Waals surface area contributed by atoms with E-state index >= 15 is 0 Å². The Morgan fingerprint density at radius 1 is 1.67 bits per heavy atom. The van der Waals surface area contributed by atoms with Crippen LogP contribution in [-0.2, 0) is 0 Å². The van der Waals surface area contributed by atoms with E-state index in [0.717, 1.165) is 0 Å². The van der Waals surface area contributed by atoms with E-state index in [1.165, 1.54) is 0 Å². The van der Waals surface area contributed by atoms with Crippen molar-refractivity contribution in [3.05, 3.63) is 25.4 Å². The van der Waals surface area contributed by atoms with Gasteiger partial charge in [-0.15, -0.1) is 6.54 Å². The molecule has 0 aliphatic rings. The molecule has 0 unspecified atom stereocenters. The van der Waals surface area contributed by atoms with Crippen molar-refractivity contribution in [1.29, 1.82) is 0 Å². The second kappa shape index (κ2) is 11.6. The minimum absolute atomic E-state index is 0. The summed E-state index contributed by atoms with van der Waals surface area (Å²) in [4.78, 5) is 0. The van der Waals surface area contributed by atoms with Gasteiger partial charge in [0.05, 0.1) is 0 Å². The van der Waals surface area contributed by atoms with Crippen molar-refractivity contribution < 1.29 is 51.4 Å². The van der Waals surface area contributed by atoms with E-state index in [9.17, 15) is 0 Å². The fourth-order valence-electron chi connectivity index (χ4n) is 0.215. The molecular formula is C5H10KN3. The summed E-state index contributed by atoms with van der Waals surface area (Å²) >= 11 is 0. The number of rotatable bonds is 0. The molecule has 0 aliphatic heterocycles. The van der Waals surface area contributed by atoms with Crippen LogP contribution in [0.2, 0.25) is 0 Å². The molecular weight excluding hydrogens is 141 g/mol. The molecule has 0 fully saturated rings. The standard InChI is InChI=1S/C3H4N2.C2H6N.K/c1-2-4-5-3-1;1-2-3;/h1-3H,(H,4,5);1-3H2;/q;-1;+1.